The Morgan fingerprint density at radius 3 is 2.68 bits per heavy atom. The van der Waals surface area contributed by atoms with Crippen LogP contribution >= 0.6 is 34.4 Å². The Labute approximate surface area is 190 Å². The lowest BCUT2D eigenvalue weighted by atomic mass is 10.3. The number of thiazole rings is 2. The number of rotatable bonds is 2. The van der Waals surface area contributed by atoms with Crippen molar-refractivity contribution in [1.82, 2.24) is 4.57 Å². The summed E-state index contributed by atoms with van der Waals surface area (Å²) in [4.78, 5) is 16.2. The number of halogens is 1. The number of benzene rings is 2. The van der Waals surface area contributed by atoms with Crippen molar-refractivity contribution in [2.24, 2.45) is 14.1 Å². The lowest BCUT2D eigenvalue weighted by Gasteiger charge is -2.12. The van der Waals surface area contributed by atoms with Crippen LogP contribution in [0, 0.1) is 5.82 Å². The van der Waals surface area contributed by atoms with Gasteiger partial charge in [0.25, 0.3) is 10.6 Å². The van der Waals surface area contributed by atoms with Crippen molar-refractivity contribution in [3.8, 4) is 0 Å². The Morgan fingerprint density at radius 2 is 1.87 bits per heavy atom. The molecule has 2 aromatic heterocycles. The van der Waals surface area contributed by atoms with Gasteiger partial charge in [0, 0.05) is 25.1 Å². The van der Waals surface area contributed by atoms with Gasteiger partial charge in [0.05, 0.1) is 21.3 Å². The lowest BCUT2D eigenvalue weighted by Crippen LogP contribution is -2.31. The van der Waals surface area contributed by atoms with Crippen molar-refractivity contribution in [2.75, 3.05) is 11.9 Å². The van der Waals surface area contributed by atoms with Crippen molar-refractivity contribution in [1.29, 1.82) is 0 Å². The number of nitrogens with zero attached hydrogens (tertiary/aromatic N) is 3. The molecule has 5 rings (SSSR count). The molecule has 0 aliphatic carbocycles. The highest BCUT2D eigenvalue weighted by molar-refractivity contribution is 8.03. The molecule has 0 amide bonds. The number of para-hydroxylation sites is 1. The number of fused-ring (bicyclic) bond motifs is 2. The molecule has 8 heteroatoms. The van der Waals surface area contributed by atoms with Crippen molar-refractivity contribution >= 4 is 62.5 Å². The van der Waals surface area contributed by atoms with Gasteiger partial charge >= 0.3 is 0 Å². The highest BCUT2D eigenvalue weighted by Crippen LogP contribution is 2.44. The smallest absolute Gasteiger partial charge is 0.268 e. The molecule has 31 heavy (non-hydrogen) atoms. The van der Waals surface area contributed by atoms with Crippen LogP contribution in [0.15, 0.2) is 63.3 Å². The zero-order chi connectivity index (χ0) is 21.7. The molecule has 0 bridgehead atoms. The minimum Gasteiger partial charge on any atom is -0.338 e. The Kier molecular flexibility index (Phi) is 5.08. The van der Waals surface area contributed by atoms with Crippen LogP contribution in [0.1, 0.15) is 5.01 Å². The van der Waals surface area contributed by atoms with E-state index in [1.165, 1.54) is 34.1 Å². The van der Waals surface area contributed by atoms with E-state index in [1.54, 1.807) is 40.8 Å². The standard InChI is InChI=1S/C23H19FN3OS3/c1-25-15-6-4-5-7-17(15)29-20(25)11-10-19-23(28)27(3)22(31-19)13-21-26(2)16-12-14(24)8-9-18(16)30-21/h4-13H,1-3H3/q+1/b19-10-,20-11-. The van der Waals surface area contributed by atoms with Gasteiger partial charge in [-0.25, -0.2) is 4.39 Å². The number of allylic oxidation sites excluding steroid dienone is 1. The predicted octanol–water partition coefficient (Wildman–Crippen LogP) is 3.32. The molecule has 1 aliphatic heterocycles. The Bertz CT molecular complexity index is 1540. The molecule has 2 aromatic carbocycles. The first kappa shape index (κ1) is 20.2. The van der Waals surface area contributed by atoms with Crippen LogP contribution < -0.4 is 24.2 Å². The SMILES string of the molecule is CN1/C(=C/C=c2\s/c(=C\c3sc4ccc(F)cc4[n+]3C)n(C)c2=O)Sc2ccccc21. The quantitative estimate of drug-likeness (QED) is 0.423. The van der Waals surface area contributed by atoms with E-state index in [0.717, 1.165) is 24.9 Å². The first-order chi connectivity index (χ1) is 14.9. The average Bonchev–Trinajstić information content (AvgIpc) is 3.35. The maximum atomic E-state index is 13.6. The molecule has 0 radical (unpaired) electrons. The summed E-state index contributed by atoms with van der Waals surface area (Å²) in [7, 11) is 5.74. The molecule has 0 atom stereocenters. The topological polar surface area (TPSA) is 29.1 Å². The molecule has 4 nitrogen and oxygen atoms in total. The van der Waals surface area contributed by atoms with Gasteiger partial charge in [0.2, 0.25) is 5.52 Å². The first-order valence-corrected chi connectivity index (χ1v) is 12.1. The minimum absolute atomic E-state index is 0.0222. The summed E-state index contributed by atoms with van der Waals surface area (Å²) >= 11 is 4.74. The van der Waals surface area contributed by atoms with Gasteiger partial charge in [-0.05, 0) is 36.4 Å². The van der Waals surface area contributed by atoms with Crippen LogP contribution in [0.5, 0.6) is 0 Å². The summed E-state index contributed by atoms with van der Waals surface area (Å²) in [6, 6.07) is 13.1. The maximum absolute atomic E-state index is 13.6. The molecule has 0 saturated carbocycles. The third-order valence-electron chi connectivity index (χ3n) is 5.28. The number of aryl methyl sites for hydroxylation is 1. The molecule has 0 N–H and O–H groups in total. The minimum atomic E-state index is -0.252. The van der Waals surface area contributed by atoms with Crippen molar-refractivity contribution in [2.45, 2.75) is 4.90 Å². The molecule has 4 aromatic rings. The fourth-order valence-electron chi connectivity index (χ4n) is 3.51. The van der Waals surface area contributed by atoms with Gasteiger partial charge < -0.3 is 9.47 Å². The van der Waals surface area contributed by atoms with E-state index >= 15 is 0 Å². The van der Waals surface area contributed by atoms with Gasteiger partial charge in [-0.15, -0.1) is 11.3 Å². The summed E-state index contributed by atoms with van der Waals surface area (Å²) in [6.07, 6.45) is 5.89. The largest absolute Gasteiger partial charge is 0.338 e. The van der Waals surface area contributed by atoms with Gasteiger partial charge in [-0.2, -0.15) is 4.57 Å². The Morgan fingerprint density at radius 1 is 1.06 bits per heavy atom. The monoisotopic (exact) mass is 468 g/mol. The lowest BCUT2D eigenvalue weighted by molar-refractivity contribution is -0.642. The highest BCUT2D eigenvalue weighted by atomic mass is 32.2. The normalized spacial score (nSPS) is 16.1. The van der Waals surface area contributed by atoms with Gasteiger partial charge in [-0.1, -0.05) is 35.2 Å². The fourth-order valence-corrected chi connectivity index (χ4v) is 6.68. The molecule has 1 aliphatic rings. The van der Waals surface area contributed by atoms with E-state index < -0.39 is 0 Å². The number of hydrogen-bond acceptors (Lipinski definition) is 5. The van der Waals surface area contributed by atoms with Crippen LogP contribution in [-0.2, 0) is 14.1 Å². The van der Waals surface area contributed by atoms with Crippen LogP contribution in [0.2, 0.25) is 0 Å². The van der Waals surface area contributed by atoms with Crippen LogP contribution in [-0.4, -0.2) is 11.6 Å². The van der Waals surface area contributed by atoms with Crippen molar-refractivity contribution in [3.63, 3.8) is 0 Å². The molecule has 156 valence electrons. The van der Waals surface area contributed by atoms with Gasteiger partial charge in [-0.3, -0.25) is 4.79 Å². The fraction of sp³-hybridized carbons (Fsp3) is 0.130. The second kappa shape index (κ2) is 7.78. The van der Waals surface area contributed by atoms with Gasteiger partial charge in [0.1, 0.15) is 22.2 Å². The number of anilines is 1. The van der Waals surface area contributed by atoms with E-state index in [4.69, 9.17) is 0 Å². The summed E-state index contributed by atoms with van der Waals surface area (Å²) in [5.74, 6) is -0.252. The molecular formula is C23H19FN3OS3+. The Balaban J connectivity index is 1.56. The predicted molar refractivity (Wildman–Crippen MR) is 129 cm³/mol. The van der Waals surface area contributed by atoms with Gasteiger partial charge in [0.15, 0.2) is 0 Å². The number of aromatic nitrogens is 2. The molecule has 0 spiro atoms. The number of thioether (sulfide) groups is 1. The zero-order valence-electron chi connectivity index (χ0n) is 17.1. The molecule has 0 fully saturated rings. The van der Waals surface area contributed by atoms with Crippen LogP contribution in [0.25, 0.3) is 22.4 Å². The van der Waals surface area contributed by atoms with E-state index in [0.29, 0.717) is 4.53 Å². The maximum Gasteiger partial charge on any atom is 0.268 e. The van der Waals surface area contributed by atoms with Crippen LogP contribution in [0.3, 0.4) is 0 Å². The molecule has 0 saturated heterocycles. The summed E-state index contributed by atoms with van der Waals surface area (Å²) in [5.41, 5.74) is 2.00. The van der Waals surface area contributed by atoms with E-state index in [2.05, 4.69) is 17.0 Å². The highest BCUT2D eigenvalue weighted by Gasteiger charge is 2.20. The van der Waals surface area contributed by atoms with Crippen LogP contribution in [0.4, 0.5) is 10.1 Å². The van der Waals surface area contributed by atoms with E-state index in [9.17, 15) is 9.18 Å². The average molecular weight is 469 g/mol. The van der Waals surface area contributed by atoms with E-state index in [-0.39, 0.29) is 11.4 Å². The number of hydrogen-bond donors (Lipinski definition) is 0. The third-order valence-corrected chi connectivity index (χ3v) is 8.77. The zero-order valence-corrected chi connectivity index (χ0v) is 19.6. The second-order valence-corrected chi connectivity index (χ2v) is 10.4. The third kappa shape index (κ3) is 3.54. The summed E-state index contributed by atoms with van der Waals surface area (Å²) in [5, 5.41) is 2.05. The summed E-state index contributed by atoms with van der Waals surface area (Å²) in [6.45, 7) is 0. The summed E-state index contributed by atoms with van der Waals surface area (Å²) < 4.78 is 19.8. The van der Waals surface area contributed by atoms with Crippen molar-refractivity contribution in [3.05, 3.63) is 83.9 Å². The Hall–Kier alpha value is -2.68. The second-order valence-electron chi connectivity index (χ2n) is 7.22. The van der Waals surface area contributed by atoms with Crippen molar-refractivity contribution < 1.29 is 8.96 Å². The molecule has 0 unspecified atom stereocenters. The molecule has 3 heterocycles. The molecular weight excluding hydrogens is 449 g/mol. The van der Waals surface area contributed by atoms with E-state index in [1.807, 2.05) is 49.0 Å². The first-order valence-electron chi connectivity index (χ1n) is 9.60.